The average Bonchev–Trinajstić information content (AvgIpc) is 2.31. The van der Waals surface area contributed by atoms with Crippen LogP contribution in [0.5, 0.6) is 0 Å². The molecule has 1 atom stereocenters. The van der Waals surface area contributed by atoms with Gasteiger partial charge >= 0.3 is 0 Å². The van der Waals surface area contributed by atoms with Gasteiger partial charge < -0.3 is 5.32 Å². The van der Waals surface area contributed by atoms with Crippen LogP contribution >= 0.6 is 0 Å². The molecule has 80 valence electrons. The summed E-state index contributed by atoms with van der Waals surface area (Å²) in [6.45, 7) is 2.39. The van der Waals surface area contributed by atoms with Crippen molar-refractivity contribution >= 4 is 6.21 Å². The molecule has 2 aliphatic heterocycles. The van der Waals surface area contributed by atoms with Gasteiger partial charge in [0.25, 0.3) is 0 Å². The van der Waals surface area contributed by atoms with E-state index in [4.69, 9.17) is 0 Å². The second-order valence-electron chi connectivity index (χ2n) is 4.52. The SMILES string of the molecule is CNC1CCN(C2c3ccnc2c3)CC1. The van der Waals surface area contributed by atoms with Crippen LogP contribution in [-0.2, 0) is 0 Å². The summed E-state index contributed by atoms with van der Waals surface area (Å²) in [5.41, 5.74) is 2.71. The molecule has 3 aliphatic rings. The Bertz CT molecular complexity index is 334. The number of fused-ring (bicyclic) bond motifs is 2. The van der Waals surface area contributed by atoms with Crippen molar-refractivity contribution in [3.63, 3.8) is 0 Å². The number of dihydropyridines is 1. The molecular weight excluding hydrogens is 186 g/mol. The van der Waals surface area contributed by atoms with Gasteiger partial charge in [-0.2, -0.15) is 0 Å². The van der Waals surface area contributed by atoms with E-state index in [9.17, 15) is 0 Å². The summed E-state index contributed by atoms with van der Waals surface area (Å²) in [7, 11) is 2.06. The average molecular weight is 203 g/mol. The van der Waals surface area contributed by atoms with E-state index >= 15 is 0 Å². The van der Waals surface area contributed by atoms with Crippen LogP contribution in [0.15, 0.2) is 28.4 Å². The van der Waals surface area contributed by atoms with Crippen LogP contribution in [0.2, 0.25) is 0 Å². The molecule has 0 amide bonds. The Morgan fingerprint density at radius 2 is 2.20 bits per heavy atom. The van der Waals surface area contributed by atoms with Crippen molar-refractivity contribution in [1.29, 1.82) is 0 Å². The van der Waals surface area contributed by atoms with E-state index in [-0.39, 0.29) is 0 Å². The normalized spacial score (nSPS) is 30.9. The van der Waals surface area contributed by atoms with Crippen LogP contribution in [-0.4, -0.2) is 43.3 Å². The molecule has 0 radical (unpaired) electrons. The third-order valence-electron chi connectivity index (χ3n) is 3.70. The van der Waals surface area contributed by atoms with Gasteiger partial charge in [0.15, 0.2) is 0 Å². The van der Waals surface area contributed by atoms with Crippen molar-refractivity contribution in [1.82, 2.24) is 10.2 Å². The van der Waals surface area contributed by atoms with E-state index in [1.54, 1.807) is 0 Å². The molecule has 0 saturated carbocycles. The molecule has 0 aromatic heterocycles. The molecule has 1 N–H and O–H groups in total. The van der Waals surface area contributed by atoms with Gasteiger partial charge in [0.05, 0.1) is 11.7 Å². The molecule has 2 heterocycles. The highest BCUT2D eigenvalue weighted by atomic mass is 15.2. The van der Waals surface area contributed by atoms with Gasteiger partial charge in [-0.3, -0.25) is 9.89 Å². The van der Waals surface area contributed by atoms with Crippen molar-refractivity contribution in [3.8, 4) is 0 Å². The molecule has 3 rings (SSSR count). The molecule has 0 aromatic rings. The summed E-state index contributed by atoms with van der Waals surface area (Å²) in [5, 5.41) is 3.36. The lowest BCUT2D eigenvalue weighted by molar-refractivity contribution is 0.174. The first kappa shape index (κ1) is 9.31. The fourth-order valence-electron chi connectivity index (χ4n) is 2.70. The maximum atomic E-state index is 4.39. The summed E-state index contributed by atoms with van der Waals surface area (Å²) in [6.07, 6.45) is 8.78. The van der Waals surface area contributed by atoms with Crippen molar-refractivity contribution in [2.75, 3.05) is 20.1 Å². The lowest BCUT2D eigenvalue weighted by Gasteiger charge is -2.42. The van der Waals surface area contributed by atoms with E-state index in [2.05, 4.69) is 34.4 Å². The first-order chi connectivity index (χ1) is 7.38. The van der Waals surface area contributed by atoms with Crippen LogP contribution in [0.25, 0.3) is 0 Å². The predicted octanol–water partition coefficient (Wildman–Crippen LogP) is 0.947. The summed E-state index contributed by atoms with van der Waals surface area (Å²) in [6, 6.07) is 1.24. The number of aliphatic imine (C=N–C) groups is 1. The maximum Gasteiger partial charge on any atom is 0.0777 e. The number of piperidine rings is 1. The maximum absolute atomic E-state index is 4.39. The molecular formula is C12H17N3. The van der Waals surface area contributed by atoms with Gasteiger partial charge in [-0.25, -0.2) is 0 Å². The van der Waals surface area contributed by atoms with Crippen molar-refractivity contribution < 1.29 is 0 Å². The smallest absolute Gasteiger partial charge is 0.0777 e. The minimum atomic E-state index is 0.521. The molecule has 3 heteroatoms. The summed E-state index contributed by atoms with van der Waals surface area (Å²) in [4.78, 5) is 6.96. The van der Waals surface area contributed by atoms with Crippen LogP contribution < -0.4 is 5.32 Å². The van der Waals surface area contributed by atoms with Gasteiger partial charge in [-0.1, -0.05) is 0 Å². The van der Waals surface area contributed by atoms with Gasteiger partial charge in [0.1, 0.15) is 0 Å². The predicted molar refractivity (Wildman–Crippen MR) is 62.1 cm³/mol. The van der Waals surface area contributed by atoms with E-state index < -0.39 is 0 Å². The molecule has 2 bridgehead atoms. The van der Waals surface area contributed by atoms with E-state index in [0.717, 1.165) is 0 Å². The molecule has 3 nitrogen and oxygen atoms in total. The second-order valence-corrected chi connectivity index (χ2v) is 4.52. The quantitative estimate of drug-likeness (QED) is 0.723. The third kappa shape index (κ3) is 1.46. The Morgan fingerprint density at radius 3 is 2.73 bits per heavy atom. The number of hydrogen-bond acceptors (Lipinski definition) is 3. The summed E-state index contributed by atoms with van der Waals surface area (Å²) < 4.78 is 0. The molecule has 0 spiro atoms. The fraction of sp³-hybridized carbons (Fsp3) is 0.583. The van der Waals surface area contributed by atoms with Crippen molar-refractivity contribution in [2.24, 2.45) is 4.99 Å². The Kier molecular flexibility index (Phi) is 2.22. The minimum Gasteiger partial charge on any atom is -0.317 e. The van der Waals surface area contributed by atoms with Gasteiger partial charge in [-0.05, 0) is 37.6 Å². The van der Waals surface area contributed by atoms with Crippen LogP contribution in [0.4, 0.5) is 0 Å². The highest BCUT2D eigenvalue weighted by molar-refractivity contribution is 5.80. The Balaban J connectivity index is 1.65. The Hall–Kier alpha value is -0.930. The van der Waals surface area contributed by atoms with E-state index in [1.807, 2.05) is 6.21 Å². The zero-order valence-electron chi connectivity index (χ0n) is 9.11. The molecule has 1 fully saturated rings. The minimum absolute atomic E-state index is 0.521. The number of nitrogens with zero attached hydrogens (tertiary/aromatic N) is 2. The van der Waals surface area contributed by atoms with Gasteiger partial charge in [0, 0.05) is 25.3 Å². The topological polar surface area (TPSA) is 27.6 Å². The number of allylic oxidation sites excluding steroid dienone is 1. The van der Waals surface area contributed by atoms with Crippen molar-refractivity contribution in [2.45, 2.75) is 24.9 Å². The van der Waals surface area contributed by atoms with E-state index in [1.165, 1.54) is 37.2 Å². The number of hydrogen-bond donors (Lipinski definition) is 1. The second kappa shape index (κ2) is 3.58. The third-order valence-corrected chi connectivity index (χ3v) is 3.70. The highest BCUT2D eigenvalue weighted by Gasteiger charge is 2.35. The number of nitrogens with one attached hydrogen (secondary N) is 1. The molecule has 0 aromatic carbocycles. The van der Waals surface area contributed by atoms with E-state index in [0.29, 0.717) is 12.1 Å². The van der Waals surface area contributed by atoms with Crippen LogP contribution in [0.1, 0.15) is 12.8 Å². The number of rotatable bonds is 2. The molecule has 1 unspecified atom stereocenters. The molecule has 1 aliphatic carbocycles. The first-order valence-electron chi connectivity index (χ1n) is 5.75. The molecule has 15 heavy (non-hydrogen) atoms. The van der Waals surface area contributed by atoms with Gasteiger partial charge in [-0.15, -0.1) is 0 Å². The van der Waals surface area contributed by atoms with Crippen LogP contribution in [0, 0.1) is 0 Å². The van der Waals surface area contributed by atoms with Crippen LogP contribution in [0.3, 0.4) is 0 Å². The molecule has 1 saturated heterocycles. The highest BCUT2D eigenvalue weighted by Crippen LogP contribution is 2.35. The number of likely N-dealkylation sites (tertiary alicyclic amines) is 1. The summed E-state index contributed by atoms with van der Waals surface area (Å²) >= 11 is 0. The zero-order valence-corrected chi connectivity index (χ0v) is 9.11. The Morgan fingerprint density at radius 1 is 1.40 bits per heavy atom. The Labute approximate surface area is 90.6 Å². The largest absolute Gasteiger partial charge is 0.317 e. The van der Waals surface area contributed by atoms with Crippen molar-refractivity contribution in [3.05, 3.63) is 23.4 Å². The monoisotopic (exact) mass is 203 g/mol. The first-order valence-corrected chi connectivity index (χ1v) is 5.75. The standard InChI is InChI=1S/C12H17N3/c1-13-10-3-6-15(7-4-10)12-9-2-5-14-11(12)8-9/h2,5,8,10,12-13H,3-4,6-7H2,1H3. The zero-order chi connectivity index (χ0) is 10.3. The lowest BCUT2D eigenvalue weighted by Crippen LogP contribution is -2.49. The fourth-order valence-corrected chi connectivity index (χ4v) is 2.70. The lowest BCUT2D eigenvalue weighted by atomic mass is 9.86. The summed E-state index contributed by atoms with van der Waals surface area (Å²) in [5.74, 6) is 0. The van der Waals surface area contributed by atoms with Gasteiger partial charge in [0.2, 0.25) is 0 Å².